The molecule has 0 radical (unpaired) electrons. The van der Waals surface area contributed by atoms with Gasteiger partial charge in [-0.05, 0) is 32.0 Å². The van der Waals surface area contributed by atoms with Crippen molar-refractivity contribution in [1.82, 2.24) is 9.88 Å². The molecular formula is C19H22N2O4. The fourth-order valence-corrected chi connectivity index (χ4v) is 3.72. The fourth-order valence-electron chi connectivity index (χ4n) is 3.72. The van der Waals surface area contributed by atoms with Crippen LogP contribution in [-0.2, 0) is 4.74 Å². The Morgan fingerprint density at radius 2 is 2.24 bits per heavy atom. The Morgan fingerprint density at radius 3 is 2.92 bits per heavy atom. The van der Waals surface area contributed by atoms with Crippen molar-refractivity contribution in [2.75, 3.05) is 19.7 Å². The molecule has 0 N–H and O–H groups in total. The number of carbonyl (C=O) groups is 1. The summed E-state index contributed by atoms with van der Waals surface area (Å²) in [4.78, 5) is 18.5. The molecule has 2 aromatic rings. The Labute approximate surface area is 146 Å². The van der Waals surface area contributed by atoms with E-state index in [1.54, 1.807) is 18.5 Å². The van der Waals surface area contributed by atoms with E-state index in [1.165, 1.54) is 0 Å². The van der Waals surface area contributed by atoms with Crippen molar-refractivity contribution in [3.8, 4) is 5.75 Å². The van der Waals surface area contributed by atoms with Gasteiger partial charge in [0.2, 0.25) is 0 Å². The van der Waals surface area contributed by atoms with E-state index in [-0.39, 0.29) is 17.6 Å². The van der Waals surface area contributed by atoms with Gasteiger partial charge in [0.1, 0.15) is 29.0 Å². The number of nitrogens with zero attached hydrogens (tertiary/aromatic N) is 2. The number of aromatic nitrogens is 1. The summed E-state index contributed by atoms with van der Waals surface area (Å²) in [6, 6.07) is 5.58. The lowest BCUT2D eigenvalue weighted by atomic mass is 9.84. The van der Waals surface area contributed by atoms with Crippen LogP contribution >= 0.6 is 0 Å². The van der Waals surface area contributed by atoms with Crippen LogP contribution in [0.1, 0.15) is 34.7 Å². The summed E-state index contributed by atoms with van der Waals surface area (Å²) in [7, 11) is 0. The van der Waals surface area contributed by atoms with Gasteiger partial charge in [-0.3, -0.25) is 9.78 Å². The molecule has 6 nitrogen and oxygen atoms in total. The van der Waals surface area contributed by atoms with Crippen molar-refractivity contribution in [1.29, 1.82) is 0 Å². The molecule has 4 heterocycles. The first kappa shape index (κ1) is 16.1. The molecule has 4 rings (SSSR count). The predicted octanol–water partition coefficient (Wildman–Crippen LogP) is 2.74. The molecule has 0 unspecified atom stereocenters. The van der Waals surface area contributed by atoms with Gasteiger partial charge in [-0.1, -0.05) is 0 Å². The number of likely N-dealkylation sites (tertiary alicyclic amines) is 1. The molecule has 2 aromatic heterocycles. The highest BCUT2D eigenvalue weighted by Gasteiger charge is 2.50. The number of hydrogen-bond acceptors (Lipinski definition) is 5. The lowest BCUT2D eigenvalue weighted by Crippen LogP contribution is -2.67. The highest BCUT2D eigenvalue weighted by atomic mass is 16.5. The van der Waals surface area contributed by atoms with E-state index in [0.717, 1.165) is 24.4 Å². The molecule has 0 aliphatic carbocycles. The lowest BCUT2D eigenvalue weighted by molar-refractivity contribution is -0.173. The van der Waals surface area contributed by atoms with Gasteiger partial charge < -0.3 is 18.8 Å². The van der Waals surface area contributed by atoms with E-state index in [1.807, 2.05) is 30.9 Å². The minimum atomic E-state index is -0.284. The number of aryl methyl sites for hydroxylation is 2. The minimum absolute atomic E-state index is 0.0128. The molecule has 1 amide bonds. The molecule has 0 aromatic carbocycles. The predicted molar refractivity (Wildman–Crippen MR) is 90.7 cm³/mol. The molecule has 1 spiro atoms. The summed E-state index contributed by atoms with van der Waals surface area (Å²) < 4.78 is 17.5. The molecule has 132 valence electrons. The van der Waals surface area contributed by atoms with Gasteiger partial charge in [0.05, 0.1) is 31.5 Å². The van der Waals surface area contributed by atoms with Crippen LogP contribution in [0.2, 0.25) is 0 Å². The first-order valence-electron chi connectivity index (χ1n) is 8.62. The van der Waals surface area contributed by atoms with Crippen LogP contribution < -0.4 is 4.74 Å². The van der Waals surface area contributed by atoms with Crippen LogP contribution in [0.15, 0.2) is 35.0 Å². The zero-order chi connectivity index (χ0) is 17.4. The average molecular weight is 342 g/mol. The SMILES string of the molecule is Cc1cc(C(=O)N2CC3(C[C@@H](Oc4cccnc4)CCO3)C2)c(C)o1. The van der Waals surface area contributed by atoms with Crippen LogP contribution in [0.5, 0.6) is 5.75 Å². The Morgan fingerprint density at radius 1 is 1.40 bits per heavy atom. The molecule has 6 heteroatoms. The van der Waals surface area contributed by atoms with E-state index >= 15 is 0 Å². The fraction of sp³-hybridized carbons (Fsp3) is 0.474. The van der Waals surface area contributed by atoms with Crippen molar-refractivity contribution in [2.24, 2.45) is 0 Å². The summed E-state index contributed by atoms with van der Waals surface area (Å²) in [5, 5.41) is 0. The average Bonchev–Trinajstić information content (AvgIpc) is 2.91. The second-order valence-corrected chi connectivity index (χ2v) is 6.94. The Kier molecular flexibility index (Phi) is 4.00. The molecule has 2 saturated heterocycles. The number of furan rings is 1. The highest BCUT2D eigenvalue weighted by molar-refractivity contribution is 5.96. The first-order valence-corrected chi connectivity index (χ1v) is 8.62. The maximum Gasteiger partial charge on any atom is 0.257 e. The second kappa shape index (κ2) is 6.19. The maximum atomic E-state index is 12.6. The number of amides is 1. The molecule has 1 atom stereocenters. The smallest absolute Gasteiger partial charge is 0.257 e. The second-order valence-electron chi connectivity index (χ2n) is 6.94. The van der Waals surface area contributed by atoms with Crippen LogP contribution in [0.25, 0.3) is 0 Å². The van der Waals surface area contributed by atoms with E-state index < -0.39 is 0 Å². The summed E-state index contributed by atoms with van der Waals surface area (Å²) in [6.07, 6.45) is 5.18. The van der Waals surface area contributed by atoms with Crippen molar-refractivity contribution in [3.63, 3.8) is 0 Å². The monoisotopic (exact) mass is 342 g/mol. The van der Waals surface area contributed by atoms with E-state index in [2.05, 4.69) is 4.98 Å². The van der Waals surface area contributed by atoms with Gasteiger partial charge >= 0.3 is 0 Å². The Bertz CT molecular complexity index is 765. The van der Waals surface area contributed by atoms with E-state index in [4.69, 9.17) is 13.9 Å². The third-order valence-electron chi connectivity index (χ3n) is 4.90. The first-order chi connectivity index (χ1) is 12.0. The van der Waals surface area contributed by atoms with Gasteiger partial charge in [-0.2, -0.15) is 0 Å². The zero-order valence-corrected chi connectivity index (χ0v) is 14.5. The minimum Gasteiger partial charge on any atom is -0.489 e. The Hall–Kier alpha value is -2.34. The Balaban J connectivity index is 1.38. The summed E-state index contributed by atoms with van der Waals surface area (Å²) in [6.45, 7) is 5.53. The van der Waals surface area contributed by atoms with Crippen molar-refractivity contribution in [2.45, 2.75) is 38.4 Å². The molecule has 0 saturated carbocycles. The standard InChI is InChI=1S/C19H22N2O4/c1-13-8-17(14(2)24-13)18(22)21-11-19(12-21)9-15(5-7-23-19)25-16-4-3-6-20-10-16/h3-4,6,8,10,15H,5,7,9,11-12H2,1-2H3/t15-/m0/s1. The van der Waals surface area contributed by atoms with Gasteiger partial charge in [-0.15, -0.1) is 0 Å². The van der Waals surface area contributed by atoms with Gasteiger partial charge in [0.15, 0.2) is 0 Å². The van der Waals surface area contributed by atoms with Gasteiger partial charge in [0, 0.05) is 19.0 Å². The molecule has 2 aliphatic heterocycles. The van der Waals surface area contributed by atoms with Gasteiger partial charge in [0.25, 0.3) is 5.91 Å². The number of carbonyl (C=O) groups excluding carboxylic acids is 1. The third-order valence-corrected chi connectivity index (χ3v) is 4.90. The zero-order valence-electron chi connectivity index (χ0n) is 14.5. The summed E-state index contributed by atoms with van der Waals surface area (Å²) in [5.74, 6) is 2.22. The molecule has 25 heavy (non-hydrogen) atoms. The topological polar surface area (TPSA) is 64.8 Å². The van der Waals surface area contributed by atoms with Gasteiger partial charge in [-0.25, -0.2) is 0 Å². The summed E-state index contributed by atoms with van der Waals surface area (Å²) in [5.41, 5.74) is 0.360. The van der Waals surface area contributed by atoms with Crippen LogP contribution in [-0.4, -0.2) is 47.2 Å². The number of hydrogen-bond donors (Lipinski definition) is 0. The van der Waals surface area contributed by atoms with Crippen LogP contribution in [0.4, 0.5) is 0 Å². The lowest BCUT2D eigenvalue weighted by Gasteiger charge is -2.52. The van der Waals surface area contributed by atoms with E-state index in [0.29, 0.717) is 31.0 Å². The van der Waals surface area contributed by atoms with Crippen LogP contribution in [0, 0.1) is 13.8 Å². The van der Waals surface area contributed by atoms with Crippen LogP contribution in [0.3, 0.4) is 0 Å². The number of pyridine rings is 1. The normalized spacial score (nSPS) is 21.8. The summed E-state index contributed by atoms with van der Waals surface area (Å²) >= 11 is 0. The molecular weight excluding hydrogens is 320 g/mol. The highest BCUT2D eigenvalue weighted by Crippen LogP contribution is 2.36. The number of ether oxygens (including phenoxy) is 2. The van der Waals surface area contributed by atoms with Crippen molar-refractivity contribution in [3.05, 3.63) is 47.7 Å². The van der Waals surface area contributed by atoms with Crippen molar-refractivity contribution >= 4 is 5.91 Å². The molecule has 0 bridgehead atoms. The largest absolute Gasteiger partial charge is 0.489 e. The molecule has 2 fully saturated rings. The van der Waals surface area contributed by atoms with E-state index in [9.17, 15) is 4.79 Å². The van der Waals surface area contributed by atoms with Crippen molar-refractivity contribution < 1.29 is 18.7 Å². The quantitative estimate of drug-likeness (QED) is 0.858. The maximum absolute atomic E-state index is 12.6. The number of rotatable bonds is 3. The third kappa shape index (κ3) is 3.14. The molecule has 2 aliphatic rings.